The molecule has 0 unspecified atom stereocenters. The Balaban J connectivity index is 2.17. The fourth-order valence-electron chi connectivity index (χ4n) is 1.42. The monoisotopic (exact) mass is 246 g/mol. The molecule has 1 aromatic heterocycles. The molecule has 0 radical (unpaired) electrons. The minimum absolute atomic E-state index is 0.102. The van der Waals surface area contributed by atoms with Crippen LogP contribution in [0.15, 0.2) is 42.7 Å². The van der Waals surface area contributed by atoms with Crippen LogP contribution in [0.5, 0.6) is 5.75 Å². The Bertz CT molecular complexity index is 558. The largest absolute Gasteiger partial charge is 0.497 e. The van der Waals surface area contributed by atoms with Gasteiger partial charge in [0.05, 0.1) is 18.4 Å². The highest BCUT2D eigenvalue weighted by Crippen LogP contribution is 2.20. The number of nitrogens with one attached hydrogen (secondary N) is 1. The summed E-state index contributed by atoms with van der Waals surface area (Å²) in [5.41, 5.74) is 0.470. The lowest BCUT2D eigenvalue weighted by Gasteiger charge is -2.07. The standard InChI is InChI=1S/C13H11FN2O2/c1-18-10-4-5-12(11(14)7-10)16-13(17)9-3-2-6-15-8-9/h2-8H,1H3,(H,16,17). The summed E-state index contributed by atoms with van der Waals surface area (Å²) >= 11 is 0. The molecule has 1 aromatic carbocycles. The SMILES string of the molecule is COc1ccc(NC(=O)c2cccnc2)c(F)c1. The van der Waals surface area contributed by atoms with E-state index in [2.05, 4.69) is 10.3 Å². The molecule has 1 N–H and O–H groups in total. The number of carbonyl (C=O) groups is 1. The molecule has 2 rings (SSSR count). The molecule has 0 aliphatic rings. The van der Waals surface area contributed by atoms with E-state index in [9.17, 15) is 9.18 Å². The lowest BCUT2D eigenvalue weighted by atomic mass is 10.2. The quantitative estimate of drug-likeness (QED) is 0.905. The van der Waals surface area contributed by atoms with Crippen LogP contribution in [0, 0.1) is 5.82 Å². The van der Waals surface area contributed by atoms with Crippen LogP contribution in [0.3, 0.4) is 0 Å². The molecule has 1 amide bonds. The maximum absolute atomic E-state index is 13.6. The third-order valence-electron chi connectivity index (χ3n) is 2.35. The summed E-state index contributed by atoms with van der Waals surface area (Å²) in [5, 5.41) is 2.47. The van der Waals surface area contributed by atoms with Gasteiger partial charge in [0.15, 0.2) is 0 Å². The number of anilines is 1. The van der Waals surface area contributed by atoms with Gasteiger partial charge >= 0.3 is 0 Å². The van der Waals surface area contributed by atoms with Crippen LogP contribution in [0.4, 0.5) is 10.1 Å². The summed E-state index contributed by atoms with van der Waals surface area (Å²) in [6, 6.07) is 7.46. The molecule has 1 heterocycles. The van der Waals surface area contributed by atoms with E-state index in [4.69, 9.17) is 4.74 Å². The van der Waals surface area contributed by atoms with Crippen LogP contribution < -0.4 is 10.1 Å². The molecule has 0 aliphatic carbocycles. The number of nitrogens with zero attached hydrogens (tertiary/aromatic N) is 1. The van der Waals surface area contributed by atoms with Crippen LogP contribution in [-0.4, -0.2) is 18.0 Å². The first kappa shape index (κ1) is 12.0. The number of hydrogen-bond acceptors (Lipinski definition) is 3. The van der Waals surface area contributed by atoms with E-state index < -0.39 is 11.7 Å². The van der Waals surface area contributed by atoms with Crippen molar-refractivity contribution in [3.05, 3.63) is 54.1 Å². The summed E-state index contributed by atoms with van der Waals surface area (Å²) in [6.45, 7) is 0. The van der Waals surface area contributed by atoms with Gasteiger partial charge in [-0.05, 0) is 24.3 Å². The number of methoxy groups -OCH3 is 1. The van der Waals surface area contributed by atoms with Crippen molar-refractivity contribution in [1.29, 1.82) is 0 Å². The van der Waals surface area contributed by atoms with Crippen molar-refractivity contribution in [1.82, 2.24) is 4.98 Å². The molecule has 0 saturated carbocycles. The minimum atomic E-state index is -0.549. The fraction of sp³-hybridized carbons (Fsp3) is 0.0769. The average Bonchev–Trinajstić information content (AvgIpc) is 2.42. The zero-order valence-corrected chi connectivity index (χ0v) is 9.68. The van der Waals surface area contributed by atoms with Gasteiger partial charge in [-0.1, -0.05) is 0 Å². The van der Waals surface area contributed by atoms with Crippen LogP contribution in [0.2, 0.25) is 0 Å². The minimum Gasteiger partial charge on any atom is -0.497 e. The van der Waals surface area contributed by atoms with Gasteiger partial charge in [0, 0.05) is 18.5 Å². The van der Waals surface area contributed by atoms with E-state index in [1.807, 2.05) is 0 Å². The average molecular weight is 246 g/mol. The van der Waals surface area contributed by atoms with Crippen molar-refractivity contribution in [2.75, 3.05) is 12.4 Å². The summed E-state index contributed by atoms with van der Waals surface area (Å²) in [5.74, 6) is -0.564. The van der Waals surface area contributed by atoms with Gasteiger partial charge in [0.25, 0.3) is 5.91 Å². The summed E-state index contributed by atoms with van der Waals surface area (Å²) in [6.07, 6.45) is 2.97. The normalized spacial score (nSPS) is 9.89. The number of halogens is 1. The third kappa shape index (κ3) is 2.63. The lowest BCUT2D eigenvalue weighted by molar-refractivity contribution is 0.102. The fourth-order valence-corrected chi connectivity index (χ4v) is 1.42. The molecular formula is C13H11FN2O2. The number of carbonyl (C=O) groups excluding carboxylic acids is 1. The molecule has 0 atom stereocenters. The summed E-state index contributed by atoms with van der Waals surface area (Å²) in [4.78, 5) is 15.6. The van der Waals surface area contributed by atoms with Gasteiger partial charge in [0.2, 0.25) is 0 Å². The van der Waals surface area contributed by atoms with Crippen molar-refractivity contribution < 1.29 is 13.9 Å². The Morgan fingerprint density at radius 2 is 2.22 bits per heavy atom. The van der Waals surface area contributed by atoms with Crippen molar-refractivity contribution >= 4 is 11.6 Å². The third-order valence-corrected chi connectivity index (χ3v) is 2.35. The predicted molar refractivity (Wildman–Crippen MR) is 65.1 cm³/mol. The number of hydrogen-bond donors (Lipinski definition) is 1. The van der Waals surface area contributed by atoms with E-state index in [-0.39, 0.29) is 5.69 Å². The zero-order chi connectivity index (χ0) is 13.0. The van der Waals surface area contributed by atoms with Gasteiger partial charge < -0.3 is 10.1 Å². The second-order valence-electron chi connectivity index (χ2n) is 3.54. The summed E-state index contributed by atoms with van der Waals surface area (Å²) < 4.78 is 18.5. The molecule has 0 spiro atoms. The van der Waals surface area contributed by atoms with E-state index in [1.54, 1.807) is 24.4 Å². The molecule has 0 saturated heterocycles. The number of ether oxygens (including phenoxy) is 1. The molecular weight excluding hydrogens is 235 g/mol. The van der Waals surface area contributed by atoms with Gasteiger partial charge in [-0.2, -0.15) is 0 Å². The number of aromatic nitrogens is 1. The zero-order valence-electron chi connectivity index (χ0n) is 9.68. The lowest BCUT2D eigenvalue weighted by Crippen LogP contribution is -2.13. The first-order valence-electron chi connectivity index (χ1n) is 5.25. The maximum Gasteiger partial charge on any atom is 0.257 e. The maximum atomic E-state index is 13.6. The van der Waals surface area contributed by atoms with Crippen LogP contribution >= 0.6 is 0 Å². The Morgan fingerprint density at radius 3 is 2.83 bits per heavy atom. The topological polar surface area (TPSA) is 51.2 Å². The van der Waals surface area contributed by atoms with Gasteiger partial charge in [-0.3, -0.25) is 9.78 Å². The van der Waals surface area contributed by atoms with Gasteiger partial charge in [0.1, 0.15) is 11.6 Å². The number of benzene rings is 1. The molecule has 2 aromatic rings. The van der Waals surface area contributed by atoms with Crippen LogP contribution in [-0.2, 0) is 0 Å². The van der Waals surface area contributed by atoms with Crippen molar-refractivity contribution in [2.45, 2.75) is 0 Å². The molecule has 18 heavy (non-hydrogen) atoms. The molecule has 0 aliphatic heterocycles. The highest BCUT2D eigenvalue weighted by atomic mass is 19.1. The Kier molecular flexibility index (Phi) is 3.52. The smallest absolute Gasteiger partial charge is 0.257 e. The van der Waals surface area contributed by atoms with Crippen molar-refractivity contribution in [2.24, 2.45) is 0 Å². The van der Waals surface area contributed by atoms with Gasteiger partial charge in [-0.25, -0.2) is 4.39 Å². The van der Waals surface area contributed by atoms with Crippen LogP contribution in [0.1, 0.15) is 10.4 Å². The first-order chi connectivity index (χ1) is 8.70. The Labute approximate surface area is 103 Å². The predicted octanol–water partition coefficient (Wildman–Crippen LogP) is 2.48. The number of rotatable bonds is 3. The second-order valence-corrected chi connectivity index (χ2v) is 3.54. The van der Waals surface area contributed by atoms with Crippen molar-refractivity contribution in [3.63, 3.8) is 0 Å². The number of pyridine rings is 1. The van der Waals surface area contributed by atoms with Gasteiger partial charge in [-0.15, -0.1) is 0 Å². The molecule has 0 bridgehead atoms. The van der Waals surface area contributed by atoms with E-state index in [0.717, 1.165) is 0 Å². The van der Waals surface area contributed by atoms with E-state index in [1.165, 1.54) is 25.4 Å². The molecule has 0 fully saturated rings. The highest BCUT2D eigenvalue weighted by molar-refractivity contribution is 6.04. The molecule has 92 valence electrons. The Hall–Kier alpha value is -2.43. The van der Waals surface area contributed by atoms with Crippen LogP contribution in [0.25, 0.3) is 0 Å². The van der Waals surface area contributed by atoms with E-state index >= 15 is 0 Å². The number of amides is 1. The second kappa shape index (κ2) is 5.27. The Morgan fingerprint density at radius 1 is 1.39 bits per heavy atom. The molecule has 5 heteroatoms. The van der Waals surface area contributed by atoms with Crippen molar-refractivity contribution in [3.8, 4) is 5.75 Å². The molecule has 4 nitrogen and oxygen atoms in total. The first-order valence-corrected chi connectivity index (χ1v) is 5.25. The summed E-state index contributed by atoms with van der Waals surface area (Å²) in [7, 11) is 1.45. The van der Waals surface area contributed by atoms with E-state index in [0.29, 0.717) is 11.3 Å². The highest BCUT2D eigenvalue weighted by Gasteiger charge is 2.09.